The van der Waals surface area contributed by atoms with Crippen LogP contribution in [0.15, 0.2) is 48.5 Å². The lowest BCUT2D eigenvalue weighted by Gasteiger charge is -2.19. The van der Waals surface area contributed by atoms with Gasteiger partial charge in [0, 0.05) is 29.2 Å². The second-order valence-electron chi connectivity index (χ2n) is 6.20. The van der Waals surface area contributed by atoms with Crippen LogP contribution in [0.25, 0.3) is 0 Å². The normalized spacial score (nSPS) is 12.5. The van der Waals surface area contributed by atoms with Gasteiger partial charge in [-0.15, -0.1) is 0 Å². The summed E-state index contributed by atoms with van der Waals surface area (Å²) in [6.07, 6.45) is 0. The van der Waals surface area contributed by atoms with E-state index in [0.29, 0.717) is 19.2 Å². The fraction of sp³-hybridized carbons (Fsp3) is 0.200. The van der Waals surface area contributed by atoms with E-state index < -0.39 is 0 Å². The maximum absolute atomic E-state index is 5.62. The third-order valence-electron chi connectivity index (χ3n) is 3.94. The number of fused-ring (bicyclic) bond motifs is 1. The third-order valence-corrected chi connectivity index (χ3v) is 3.94. The standard InChI is InChI=1S/C20H20N4O2/c1-13-4-3-5-15(10-13)22-19-11-14(2)21-20(24-19)23-16-6-7-17-18(12-16)26-9-8-25-17/h3-7,10-12H,8-9H2,1-2H3,(H2,21,22,23,24). The molecule has 6 nitrogen and oxygen atoms in total. The summed E-state index contributed by atoms with van der Waals surface area (Å²) < 4.78 is 11.2. The van der Waals surface area contributed by atoms with Crippen molar-refractivity contribution in [2.24, 2.45) is 0 Å². The zero-order chi connectivity index (χ0) is 17.9. The molecule has 0 saturated carbocycles. The predicted octanol–water partition coefficient (Wildman–Crippen LogP) is 4.35. The summed E-state index contributed by atoms with van der Waals surface area (Å²) in [5.74, 6) is 2.75. The van der Waals surface area contributed by atoms with E-state index in [2.05, 4.69) is 39.7 Å². The molecule has 0 amide bonds. The van der Waals surface area contributed by atoms with E-state index in [0.717, 1.165) is 34.4 Å². The lowest BCUT2D eigenvalue weighted by atomic mass is 10.2. The molecule has 1 aliphatic rings. The molecule has 0 saturated heterocycles. The minimum atomic E-state index is 0.525. The average Bonchev–Trinajstić information content (AvgIpc) is 2.61. The first-order valence-corrected chi connectivity index (χ1v) is 8.52. The van der Waals surface area contributed by atoms with Crippen LogP contribution in [0.3, 0.4) is 0 Å². The minimum absolute atomic E-state index is 0.525. The molecule has 4 rings (SSSR count). The van der Waals surface area contributed by atoms with Crippen molar-refractivity contribution in [3.05, 3.63) is 59.8 Å². The minimum Gasteiger partial charge on any atom is -0.486 e. The van der Waals surface area contributed by atoms with Gasteiger partial charge in [0.15, 0.2) is 11.5 Å². The molecule has 0 aliphatic carbocycles. The summed E-state index contributed by atoms with van der Waals surface area (Å²) in [7, 11) is 0. The molecule has 0 unspecified atom stereocenters. The summed E-state index contributed by atoms with van der Waals surface area (Å²) in [5, 5.41) is 6.56. The molecule has 2 heterocycles. The molecule has 1 aromatic heterocycles. The fourth-order valence-corrected chi connectivity index (χ4v) is 2.81. The molecule has 132 valence electrons. The Labute approximate surface area is 152 Å². The van der Waals surface area contributed by atoms with Crippen molar-refractivity contribution >= 4 is 23.1 Å². The van der Waals surface area contributed by atoms with Gasteiger partial charge >= 0.3 is 0 Å². The highest BCUT2D eigenvalue weighted by molar-refractivity contribution is 5.63. The van der Waals surface area contributed by atoms with Crippen LogP contribution in [0, 0.1) is 13.8 Å². The van der Waals surface area contributed by atoms with Gasteiger partial charge in [-0.25, -0.2) is 4.98 Å². The first-order valence-electron chi connectivity index (χ1n) is 8.52. The van der Waals surface area contributed by atoms with E-state index in [9.17, 15) is 0 Å². The monoisotopic (exact) mass is 348 g/mol. The number of hydrogen-bond donors (Lipinski definition) is 2. The molecule has 0 atom stereocenters. The molecular formula is C20H20N4O2. The van der Waals surface area contributed by atoms with Crippen molar-refractivity contribution in [1.82, 2.24) is 9.97 Å². The number of rotatable bonds is 4. The molecule has 3 aromatic rings. The van der Waals surface area contributed by atoms with Gasteiger partial charge in [0.25, 0.3) is 0 Å². The van der Waals surface area contributed by atoms with E-state index >= 15 is 0 Å². The highest BCUT2D eigenvalue weighted by Crippen LogP contribution is 2.33. The average molecular weight is 348 g/mol. The number of hydrogen-bond acceptors (Lipinski definition) is 6. The first-order chi connectivity index (χ1) is 12.7. The van der Waals surface area contributed by atoms with Gasteiger partial charge in [-0.1, -0.05) is 12.1 Å². The van der Waals surface area contributed by atoms with Crippen LogP contribution in [0.1, 0.15) is 11.3 Å². The number of ether oxygens (including phenoxy) is 2. The Kier molecular flexibility index (Phi) is 4.31. The molecule has 0 fully saturated rings. The molecular weight excluding hydrogens is 328 g/mol. The molecule has 0 bridgehead atoms. The topological polar surface area (TPSA) is 68.3 Å². The highest BCUT2D eigenvalue weighted by Gasteiger charge is 2.12. The van der Waals surface area contributed by atoms with Gasteiger partial charge in [0.2, 0.25) is 5.95 Å². The van der Waals surface area contributed by atoms with Crippen LogP contribution >= 0.6 is 0 Å². The largest absolute Gasteiger partial charge is 0.486 e. The van der Waals surface area contributed by atoms with Crippen molar-refractivity contribution in [2.75, 3.05) is 23.8 Å². The van der Waals surface area contributed by atoms with Crippen LogP contribution < -0.4 is 20.1 Å². The van der Waals surface area contributed by atoms with Crippen LogP contribution in [-0.2, 0) is 0 Å². The SMILES string of the molecule is Cc1cccc(Nc2cc(C)nc(Nc3ccc4c(c3)OCCO4)n2)c1. The third kappa shape index (κ3) is 3.69. The summed E-state index contributed by atoms with van der Waals surface area (Å²) >= 11 is 0. The summed E-state index contributed by atoms with van der Waals surface area (Å²) in [5.41, 5.74) is 3.90. The highest BCUT2D eigenvalue weighted by atomic mass is 16.6. The van der Waals surface area contributed by atoms with E-state index in [1.165, 1.54) is 5.56 Å². The van der Waals surface area contributed by atoms with Crippen molar-refractivity contribution in [3.8, 4) is 11.5 Å². The lowest BCUT2D eigenvalue weighted by molar-refractivity contribution is 0.171. The summed E-state index contributed by atoms with van der Waals surface area (Å²) in [4.78, 5) is 9.03. The van der Waals surface area contributed by atoms with Crippen LogP contribution in [0.2, 0.25) is 0 Å². The summed E-state index contributed by atoms with van der Waals surface area (Å²) in [6, 6.07) is 15.8. The number of anilines is 4. The Morgan fingerprint density at radius 3 is 2.46 bits per heavy atom. The van der Waals surface area contributed by atoms with Crippen molar-refractivity contribution < 1.29 is 9.47 Å². The Morgan fingerprint density at radius 1 is 0.808 bits per heavy atom. The quantitative estimate of drug-likeness (QED) is 0.730. The zero-order valence-electron chi connectivity index (χ0n) is 14.7. The second kappa shape index (κ2) is 6.92. The smallest absolute Gasteiger partial charge is 0.229 e. The van der Waals surface area contributed by atoms with E-state index in [1.807, 2.05) is 43.3 Å². The van der Waals surface area contributed by atoms with Gasteiger partial charge < -0.3 is 20.1 Å². The second-order valence-corrected chi connectivity index (χ2v) is 6.20. The van der Waals surface area contributed by atoms with Crippen LogP contribution in [0.5, 0.6) is 11.5 Å². The van der Waals surface area contributed by atoms with E-state index in [-0.39, 0.29) is 0 Å². The molecule has 0 spiro atoms. The summed E-state index contributed by atoms with van der Waals surface area (Å²) in [6.45, 7) is 5.14. The van der Waals surface area contributed by atoms with Gasteiger partial charge in [0.05, 0.1) is 0 Å². The van der Waals surface area contributed by atoms with Crippen molar-refractivity contribution in [3.63, 3.8) is 0 Å². The van der Waals surface area contributed by atoms with Gasteiger partial charge in [-0.2, -0.15) is 4.98 Å². The molecule has 2 aromatic carbocycles. The molecule has 2 N–H and O–H groups in total. The lowest BCUT2D eigenvalue weighted by Crippen LogP contribution is -2.15. The Balaban J connectivity index is 1.56. The molecule has 0 radical (unpaired) electrons. The van der Waals surface area contributed by atoms with Crippen LogP contribution in [-0.4, -0.2) is 23.2 Å². The number of nitrogens with one attached hydrogen (secondary N) is 2. The molecule has 6 heteroatoms. The number of aromatic nitrogens is 2. The Hall–Kier alpha value is -3.28. The van der Waals surface area contributed by atoms with E-state index in [1.54, 1.807) is 0 Å². The van der Waals surface area contributed by atoms with Gasteiger partial charge in [-0.05, 0) is 43.7 Å². The van der Waals surface area contributed by atoms with Gasteiger partial charge in [-0.3, -0.25) is 0 Å². The van der Waals surface area contributed by atoms with Crippen LogP contribution in [0.4, 0.5) is 23.1 Å². The molecule has 26 heavy (non-hydrogen) atoms. The first kappa shape index (κ1) is 16.2. The molecule has 1 aliphatic heterocycles. The number of aryl methyl sites for hydroxylation is 2. The Bertz CT molecular complexity index is 943. The number of nitrogens with zero attached hydrogens (tertiary/aromatic N) is 2. The number of benzene rings is 2. The Morgan fingerprint density at radius 2 is 1.62 bits per heavy atom. The van der Waals surface area contributed by atoms with E-state index in [4.69, 9.17) is 9.47 Å². The van der Waals surface area contributed by atoms with Gasteiger partial charge in [0.1, 0.15) is 19.0 Å². The van der Waals surface area contributed by atoms with Crippen molar-refractivity contribution in [1.29, 1.82) is 0 Å². The fourth-order valence-electron chi connectivity index (χ4n) is 2.81. The maximum Gasteiger partial charge on any atom is 0.229 e. The van der Waals surface area contributed by atoms with Crippen molar-refractivity contribution in [2.45, 2.75) is 13.8 Å². The zero-order valence-corrected chi connectivity index (χ0v) is 14.7. The predicted molar refractivity (Wildman–Crippen MR) is 102 cm³/mol. The maximum atomic E-state index is 5.62.